The Balaban J connectivity index is 0.00000208. The van der Waals surface area contributed by atoms with E-state index in [1.54, 1.807) is 0 Å². The van der Waals surface area contributed by atoms with Crippen LogP contribution in [0.15, 0.2) is 28.8 Å². The number of rotatable bonds is 6. The van der Waals surface area contributed by atoms with E-state index < -0.39 is 0 Å². The molecule has 1 aliphatic heterocycles. The summed E-state index contributed by atoms with van der Waals surface area (Å²) < 4.78 is 5.30. The molecular weight excluding hydrogens is 328 g/mol. The molecule has 0 bridgehead atoms. The van der Waals surface area contributed by atoms with Crippen LogP contribution in [0.25, 0.3) is 0 Å². The van der Waals surface area contributed by atoms with Gasteiger partial charge in [0.1, 0.15) is 0 Å². The van der Waals surface area contributed by atoms with E-state index in [1.165, 1.54) is 5.56 Å². The van der Waals surface area contributed by atoms with Crippen molar-refractivity contribution in [1.29, 1.82) is 0 Å². The van der Waals surface area contributed by atoms with Gasteiger partial charge in [-0.15, -0.1) is 12.4 Å². The van der Waals surface area contributed by atoms with Crippen molar-refractivity contribution >= 4 is 24.0 Å². The molecule has 7 heteroatoms. The van der Waals surface area contributed by atoms with Crippen LogP contribution in [0.4, 0.5) is 5.69 Å². The molecular formula is C17H23ClN4O2. The number of fused-ring (bicyclic) bond motifs is 1. The highest BCUT2D eigenvalue weighted by Gasteiger charge is 2.24. The van der Waals surface area contributed by atoms with Crippen LogP contribution in [-0.4, -0.2) is 35.7 Å². The van der Waals surface area contributed by atoms with Gasteiger partial charge in [0.15, 0.2) is 5.82 Å². The van der Waals surface area contributed by atoms with Crippen LogP contribution in [0.5, 0.6) is 0 Å². The Morgan fingerprint density at radius 3 is 2.92 bits per heavy atom. The third kappa shape index (κ3) is 4.13. The second-order valence-electron chi connectivity index (χ2n) is 5.92. The lowest BCUT2D eigenvalue weighted by molar-refractivity contribution is -0.118. The Kier molecular flexibility index (Phi) is 6.34. The molecule has 0 radical (unpaired) electrons. The molecule has 24 heavy (non-hydrogen) atoms. The first-order valence-electron chi connectivity index (χ1n) is 8.04. The summed E-state index contributed by atoms with van der Waals surface area (Å²) in [6.07, 6.45) is 2.68. The first-order chi connectivity index (χ1) is 11.2. The Hall–Kier alpha value is -1.92. The van der Waals surface area contributed by atoms with Gasteiger partial charge in [-0.1, -0.05) is 23.4 Å². The number of anilines is 1. The zero-order chi connectivity index (χ0) is 16.2. The van der Waals surface area contributed by atoms with E-state index in [9.17, 15) is 4.79 Å². The molecule has 3 rings (SSSR count). The van der Waals surface area contributed by atoms with E-state index in [0.717, 1.165) is 18.5 Å². The maximum atomic E-state index is 12.2. The molecule has 1 amide bonds. The average Bonchev–Trinajstić information content (AvgIpc) is 3.01. The van der Waals surface area contributed by atoms with Crippen molar-refractivity contribution in [2.24, 2.45) is 0 Å². The third-order valence-electron chi connectivity index (χ3n) is 4.23. The minimum atomic E-state index is 0. The number of likely N-dealkylation sites (N-methyl/N-ethyl adjacent to an activating group) is 1. The van der Waals surface area contributed by atoms with Gasteiger partial charge in [-0.2, -0.15) is 4.98 Å². The molecule has 1 unspecified atom stereocenters. The lowest BCUT2D eigenvalue weighted by atomic mass is 10.0. The summed E-state index contributed by atoms with van der Waals surface area (Å²) in [5.41, 5.74) is 2.23. The standard InChI is InChI=1S/C17H22N4O2.ClH/c1-12(18-2)11-15-19-16(23-20-15)9-10-21-14-6-4-3-5-13(14)7-8-17(21)22;/h3-6,12,18H,7-11H2,1-2H3;1H. The first-order valence-corrected chi connectivity index (χ1v) is 8.04. The van der Waals surface area contributed by atoms with Crippen LogP contribution in [0.3, 0.4) is 0 Å². The van der Waals surface area contributed by atoms with E-state index in [-0.39, 0.29) is 18.3 Å². The molecule has 1 aromatic heterocycles. The number of carbonyl (C=O) groups is 1. The largest absolute Gasteiger partial charge is 0.339 e. The first kappa shape index (κ1) is 18.4. The van der Waals surface area contributed by atoms with Gasteiger partial charge < -0.3 is 14.7 Å². The van der Waals surface area contributed by atoms with Gasteiger partial charge in [0, 0.05) is 37.5 Å². The molecule has 0 aliphatic carbocycles. The summed E-state index contributed by atoms with van der Waals surface area (Å²) >= 11 is 0. The molecule has 2 heterocycles. The highest BCUT2D eigenvalue weighted by molar-refractivity contribution is 5.96. The van der Waals surface area contributed by atoms with Crippen LogP contribution in [-0.2, 0) is 24.1 Å². The maximum Gasteiger partial charge on any atom is 0.228 e. The summed E-state index contributed by atoms with van der Waals surface area (Å²) in [5.74, 6) is 1.44. The minimum absolute atomic E-state index is 0. The Morgan fingerprint density at radius 2 is 2.12 bits per heavy atom. The number of hydrogen-bond donors (Lipinski definition) is 1. The van der Waals surface area contributed by atoms with Crippen molar-refractivity contribution in [1.82, 2.24) is 15.5 Å². The SMILES string of the molecule is CNC(C)Cc1noc(CCN2C(=O)CCc3ccccc32)n1.Cl. The van der Waals surface area contributed by atoms with Crippen LogP contribution in [0.1, 0.15) is 30.6 Å². The normalized spacial score (nSPS) is 14.9. The lowest BCUT2D eigenvalue weighted by Crippen LogP contribution is -2.36. The monoisotopic (exact) mass is 350 g/mol. The van der Waals surface area contributed by atoms with E-state index in [2.05, 4.69) is 28.4 Å². The van der Waals surface area contributed by atoms with Crippen molar-refractivity contribution in [3.8, 4) is 0 Å². The summed E-state index contributed by atoms with van der Waals surface area (Å²) in [6.45, 7) is 2.64. The fourth-order valence-corrected chi connectivity index (χ4v) is 2.80. The number of hydrogen-bond acceptors (Lipinski definition) is 5. The molecule has 1 N–H and O–H groups in total. The zero-order valence-electron chi connectivity index (χ0n) is 14.0. The molecule has 0 saturated heterocycles. The van der Waals surface area contributed by atoms with Crippen molar-refractivity contribution in [3.05, 3.63) is 41.5 Å². The summed E-state index contributed by atoms with van der Waals surface area (Å²) in [6, 6.07) is 8.36. The van der Waals surface area contributed by atoms with E-state index >= 15 is 0 Å². The highest BCUT2D eigenvalue weighted by Crippen LogP contribution is 2.27. The highest BCUT2D eigenvalue weighted by atomic mass is 35.5. The zero-order valence-corrected chi connectivity index (χ0v) is 14.8. The number of aryl methyl sites for hydroxylation is 1. The van der Waals surface area contributed by atoms with E-state index in [1.807, 2.05) is 30.1 Å². The van der Waals surface area contributed by atoms with Gasteiger partial charge in [-0.3, -0.25) is 4.79 Å². The van der Waals surface area contributed by atoms with E-state index in [0.29, 0.717) is 37.1 Å². The molecule has 130 valence electrons. The molecule has 1 atom stereocenters. The lowest BCUT2D eigenvalue weighted by Gasteiger charge is -2.28. The van der Waals surface area contributed by atoms with Crippen molar-refractivity contribution < 1.29 is 9.32 Å². The second kappa shape index (κ2) is 8.26. The Morgan fingerprint density at radius 1 is 1.33 bits per heavy atom. The number of nitrogens with one attached hydrogen (secondary N) is 1. The van der Waals surface area contributed by atoms with Gasteiger partial charge >= 0.3 is 0 Å². The fraction of sp³-hybridized carbons (Fsp3) is 0.471. The average molecular weight is 351 g/mol. The van der Waals surface area contributed by atoms with Crippen molar-refractivity contribution in [2.45, 2.75) is 38.6 Å². The number of benzene rings is 1. The predicted octanol–water partition coefficient (Wildman–Crippen LogP) is 2.16. The predicted molar refractivity (Wildman–Crippen MR) is 94.6 cm³/mol. The maximum absolute atomic E-state index is 12.2. The van der Waals surface area contributed by atoms with E-state index in [4.69, 9.17) is 4.52 Å². The smallest absolute Gasteiger partial charge is 0.228 e. The van der Waals surface area contributed by atoms with Gasteiger partial charge in [0.2, 0.25) is 11.8 Å². The molecule has 1 aromatic carbocycles. The van der Waals surface area contributed by atoms with Crippen LogP contribution in [0, 0.1) is 0 Å². The number of para-hydroxylation sites is 1. The number of halogens is 1. The molecule has 0 spiro atoms. The van der Waals surface area contributed by atoms with Crippen LogP contribution in [0.2, 0.25) is 0 Å². The van der Waals surface area contributed by atoms with Crippen molar-refractivity contribution in [3.63, 3.8) is 0 Å². The van der Waals surface area contributed by atoms with Gasteiger partial charge in [-0.25, -0.2) is 0 Å². The summed E-state index contributed by atoms with van der Waals surface area (Å²) in [5, 5.41) is 7.15. The number of nitrogens with zero attached hydrogens (tertiary/aromatic N) is 3. The Bertz CT molecular complexity index is 689. The van der Waals surface area contributed by atoms with Gasteiger partial charge in [-0.05, 0) is 32.0 Å². The topological polar surface area (TPSA) is 71.3 Å². The number of amides is 1. The summed E-state index contributed by atoms with van der Waals surface area (Å²) in [7, 11) is 1.91. The molecule has 0 fully saturated rings. The Labute approximate surface area is 148 Å². The fourth-order valence-electron chi connectivity index (χ4n) is 2.80. The minimum Gasteiger partial charge on any atom is -0.339 e. The summed E-state index contributed by atoms with van der Waals surface area (Å²) in [4.78, 5) is 18.5. The van der Waals surface area contributed by atoms with Crippen molar-refractivity contribution in [2.75, 3.05) is 18.5 Å². The molecule has 6 nitrogen and oxygen atoms in total. The number of carbonyl (C=O) groups excluding carboxylic acids is 1. The molecule has 1 aliphatic rings. The van der Waals surface area contributed by atoms with Gasteiger partial charge in [0.05, 0.1) is 0 Å². The molecule has 0 saturated carbocycles. The van der Waals surface area contributed by atoms with Crippen LogP contribution < -0.4 is 10.2 Å². The second-order valence-corrected chi connectivity index (χ2v) is 5.92. The quantitative estimate of drug-likeness (QED) is 0.864. The van der Waals surface area contributed by atoms with Crippen LogP contribution >= 0.6 is 12.4 Å². The molecule has 2 aromatic rings. The third-order valence-corrected chi connectivity index (χ3v) is 4.23. The number of aromatic nitrogens is 2. The van der Waals surface area contributed by atoms with Gasteiger partial charge in [0.25, 0.3) is 0 Å².